The molecule has 0 aromatic rings. The molecule has 1 aliphatic carbocycles. The molecule has 3 atom stereocenters. The van der Waals surface area contributed by atoms with Crippen molar-refractivity contribution in [2.45, 2.75) is 97.1 Å². The maximum atomic E-state index is 12.2. The minimum atomic E-state index is -0.621. The third kappa shape index (κ3) is 8.92. The van der Waals surface area contributed by atoms with Gasteiger partial charge in [0.25, 0.3) is 0 Å². The highest BCUT2D eigenvalue weighted by Crippen LogP contribution is 2.21. The zero-order valence-electron chi connectivity index (χ0n) is 16.9. The Hall–Kier alpha value is -1.99. The molecule has 0 aliphatic heterocycles. The summed E-state index contributed by atoms with van der Waals surface area (Å²) in [6, 6.07) is -0.741. The highest BCUT2D eigenvalue weighted by molar-refractivity contribution is 5.73. The number of carbonyl (C=O) groups excluding carboxylic acids is 3. The molecule has 0 aromatic carbocycles. The highest BCUT2D eigenvalue weighted by Gasteiger charge is 2.35. The summed E-state index contributed by atoms with van der Waals surface area (Å²) in [7, 11) is 0. The van der Waals surface area contributed by atoms with Crippen LogP contribution in [0, 0.1) is 0 Å². The molecule has 0 unspecified atom stereocenters. The van der Waals surface area contributed by atoms with Crippen LogP contribution in [0.2, 0.25) is 0 Å². The van der Waals surface area contributed by atoms with Crippen LogP contribution in [0.4, 0.5) is 9.59 Å². The molecule has 26 heavy (non-hydrogen) atoms. The maximum absolute atomic E-state index is 12.2. The van der Waals surface area contributed by atoms with E-state index >= 15 is 0 Å². The van der Waals surface area contributed by atoms with E-state index in [1.165, 1.54) is 6.92 Å². The molecule has 3 amide bonds. The van der Waals surface area contributed by atoms with Gasteiger partial charge >= 0.3 is 12.2 Å². The summed E-state index contributed by atoms with van der Waals surface area (Å²) in [6.45, 7) is 12.2. The molecular formula is C18H33N3O5. The average molecular weight is 371 g/mol. The summed E-state index contributed by atoms with van der Waals surface area (Å²) in [4.78, 5) is 35.6. The van der Waals surface area contributed by atoms with Crippen molar-refractivity contribution in [1.82, 2.24) is 16.0 Å². The van der Waals surface area contributed by atoms with Crippen LogP contribution in [-0.2, 0) is 14.3 Å². The SMILES string of the molecule is CC(=O)N[C@H]1CC[C@@H](NC(=O)OC(C)(C)C)[C@H](NC(=O)OC(C)(C)C)C1. The van der Waals surface area contributed by atoms with E-state index in [1.54, 1.807) is 41.5 Å². The molecule has 150 valence electrons. The quantitative estimate of drug-likeness (QED) is 0.707. The Morgan fingerprint density at radius 2 is 1.23 bits per heavy atom. The first kappa shape index (κ1) is 22.1. The van der Waals surface area contributed by atoms with Crippen molar-refractivity contribution < 1.29 is 23.9 Å². The number of hydrogen-bond donors (Lipinski definition) is 3. The second kappa shape index (κ2) is 8.60. The minimum Gasteiger partial charge on any atom is -0.444 e. The van der Waals surface area contributed by atoms with Crippen molar-refractivity contribution >= 4 is 18.1 Å². The molecule has 0 spiro atoms. The number of hydrogen-bond acceptors (Lipinski definition) is 5. The summed E-state index contributed by atoms with van der Waals surface area (Å²) in [5, 5.41) is 8.51. The summed E-state index contributed by atoms with van der Waals surface area (Å²) < 4.78 is 10.6. The number of amides is 3. The van der Waals surface area contributed by atoms with E-state index in [4.69, 9.17) is 9.47 Å². The second-order valence-electron chi connectivity index (χ2n) is 8.72. The van der Waals surface area contributed by atoms with Gasteiger partial charge in [0.05, 0.1) is 12.1 Å². The fraction of sp³-hybridized carbons (Fsp3) is 0.833. The first-order chi connectivity index (χ1) is 11.7. The number of nitrogens with one attached hydrogen (secondary N) is 3. The number of ether oxygens (including phenoxy) is 2. The zero-order valence-corrected chi connectivity index (χ0v) is 16.9. The Labute approximate surface area is 155 Å². The Morgan fingerprint density at radius 3 is 1.65 bits per heavy atom. The van der Waals surface area contributed by atoms with Gasteiger partial charge in [-0.05, 0) is 60.8 Å². The van der Waals surface area contributed by atoms with Gasteiger partial charge in [-0.25, -0.2) is 9.59 Å². The molecule has 1 saturated carbocycles. The standard InChI is InChI=1S/C18H33N3O5/c1-11(22)19-12-8-9-13(20-15(23)25-17(2,3)4)14(10-12)21-16(24)26-18(5,6)7/h12-14H,8-10H2,1-7H3,(H,19,22)(H,20,23)(H,21,24)/t12-,13+,14+/m0/s1. The molecule has 3 N–H and O–H groups in total. The third-order valence-electron chi connectivity index (χ3n) is 3.66. The minimum absolute atomic E-state index is 0.0656. The van der Waals surface area contributed by atoms with Gasteiger partial charge in [-0.2, -0.15) is 0 Å². The van der Waals surface area contributed by atoms with Crippen molar-refractivity contribution in [3.8, 4) is 0 Å². The first-order valence-corrected chi connectivity index (χ1v) is 9.01. The monoisotopic (exact) mass is 371 g/mol. The lowest BCUT2D eigenvalue weighted by Gasteiger charge is -2.37. The van der Waals surface area contributed by atoms with Crippen molar-refractivity contribution in [3.05, 3.63) is 0 Å². The molecule has 1 aliphatic rings. The van der Waals surface area contributed by atoms with Crippen LogP contribution in [0.25, 0.3) is 0 Å². The van der Waals surface area contributed by atoms with Crippen LogP contribution in [-0.4, -0.2) is 47.4 Å². The van der Waals surface area contributed by atoms with Gasteiger partial charge in [-0.3, -0.25) is 4.79 Å². The van der Waals surface area contributed by atoms with Gasteiger partial charge in [0, 0.05) is 13.0 Å². The van der Waals surface area contributed by atoms with Crippen LogP contribution >= 0.6 is 0 Å². The molecule has 0 radical (unpaired) electrons. The van der Waals surface area contributed by atoms with Gasteiger partial charge < -0.3 is 25.4 Å². The molecule has 0 aromatic heterocycles. The lowest BCUT2D eigenvalue weighted by atomic mass is 9.86. The van der Waals surface area contributed by atoms with Crippen LogP contribution < -0.4 is 16.0 Å². The molecule has 8 heteroatoms. The predicted molar refractivity (Wildman–Crippen MR) is 97.8 cm³/mol. The third-order valence-corrected chi connectivity index (χ3v) is 3.66. The Balaban J connectivity index is 2.77. The summed E-state index contributed by atoms with van der Waals surface area (Å²) in [5.41, 5.74) is -1.23. The number of alkyl carbamates (subject to hydrolysis) is 2. The topological polar surface area (TPSA) is 106 Å². The predicted octanol–water partition coefficient (Wildman–Crippen LogP) is 2.46. The molecular weight excluding hydrogens is 338 g/mol. The van der Waals surface area contributed by atoms with E-state index in [0.717, 1.165) is 0 Å². The fourth-order valence-corrected chi connectivity index (χ4v) is 2.84. The first-order valence-electron chi connectivity index (χ1n) is 9.01. The molecule has 0 heterocycles. The Bertz CT molecular complexity index is 522. The van der Waals surface area contributed by atoms with E-state index < -0.39 is 23.4 Å². The van der Waals surface area contributed by atoms with Crippen molar-refractivity contribution in [2.75, 3.05) is 0 Å². The van der Waals surface area contributed by atoms with Crippen molar-refractivity contribution in [2.24, 2.45) is 0 Å². The van der Waals surface area contributed by atoms with Crippen LogP contribution in [0.1, 0.15) is 67.7 Å². The molecule has 1 rings (SSSR count). The number of carbonyl (C=O) groups is 3. The van der Waals surface area contributed by atoms with Gasteiger partial charge in [0.1, 0.15) is 11.2 Å². The van der Waals surface area contributed by atoms with Gasteiger partial charge in [0.15, 0.2) is 0 Å². The van der Waals surface area contributed by atoms with Crippen molar-refractivity contribution in [3.63, 3.8) is 0 Å². The lowest BCUT2D eigenvalue weighted by molar-refractivity contribution is -0.119. The van der Waals surface area contributed by atoms with Gasteiger partial charge in [-0.15, -0.1) is 0 Å². The largest absolute Gasteiger partial charge is 0.444 e. The smallest absolute Gasteiger partial charge is 0.407 e. The molecule has 0 bridgehead atoms. The van der Waals surface area contributed by atoms with E-state index in [-0.39, 0.29) is 24.0 Å². The van der Waals surface area contributed by atoms with Crippen LogP contribution in [0.15, 0.2) is 0 Å². The Kier molecular flexibility index (Phi) is 7.29. The van der Waals surface area contributed by atoms with E-state index in [2.05, 4.69) is 16.0 Å². The molecule has 1 fully saturated rings. The summed E-state index contributed by atoms with van der Waals surface area (Å²) in [6.07, 6.45) is 0.717. The van der Waals surface area contributed by atoms with Crippen molar-refractivity contribution in [1.29, 1.82) is 0 Å². The van der Waals surface area contributed by atoms with Gasteiger partial charge in [0.2, 0.25) is 5.91 Å². The van der Waals surface area contributed by atoms with Gasteiger partial charge in [-0.1, -0.05) is 0 Å². The maximum Gasteiger partial charge on any atom is 0.407 e. The van der Waals surface area contributed by atoms with E-state index in [0.29, 0.717) is 19.3 Å². The second-order valence-corrected chi connectivity index (χ2v) is 8.72. The number of rotatable bonds is 3. The normalized spacial score (nSPS) is 23.6. The van der Waals surface area contributed by atoms with Crippen LogP contribution in [0.5, 0.6) is 0 Å². The van der Waals surface area contributed by atoms with E-state index in [1.807, 2.05) is 0 Å². The Morgan fingerprint density at radius 1 is 0.769 bits per heavy atom. The fourth-order valence-electron chi connectivity index (χ4n) is 2.84. The summed E-state index contributed by atoms with van der Waals surface area (Å²) >= 11 is 0. The highest BCUT2D eigenvalue weighted by atomic mass is 16.6. The zero-order chi connectivity index (χ0) is 20.1. The van der Waals surface area contributed by atoms with Crippen LogP contribution in [0.3, 0.4) is 0 Å². The lowest BCUT2D eigenvalue weighted by Crippen LogP contribution is -2.58. The molecule has 8 nitrogen and oxygen atoms in total. The summed E-state index contributed by atoms with van der Waals surface area (Å²) in [5.74, 6) is -0.121. The average Bonchev–Trinajstić information content (AvgIpc) is 2.36. The molecule has 0 saturated heterocycles. The van der Waals surface area contributed by atoms with E-state index in [9.17, 15) is 14.4 Å².